The molecule has 3 saturated carbocycles. The number of hydrogen-bond acceptors (Lipinski definition) is 1. The van der Waals surface area contributed by atoms with E-state index in [1.807, 2.05) is 57.8 Å². The van der Waals surface area contributed by atoms with Crippen LogP contribution in [0.5, 0.6) is 0 Å². The Bertz CT molecular complexity index is 246. The van der Waals surface area contributed by atoms with Crippen LogP contribution in [-0.4, -0.2) is 11.9 Å². The summed E-state index contributed by atoms with van der Waals surface area (Å²) >= 11 is 0. The number of amides is 1. The summed E-state index contributed by atoms with van der Waals surface area (Å²) in [5, 5.41) is 3.08. The molecule has 0 saturated heterocycles. The molecule has 0 aromatic heterocycles. The first-order valence-corrected chi connectivity index (χ1v) is 7.05. The molecule has 10 radical (unpaired) electrons. The van der Waals surface area contributed by atoms with E-state index in [4.69, 9.17) is 0 Å². The number of rotatable bonds is 2. The molecule has 3 rings (SSSR count). The molecule has 0 atom stereocenters. The molecular formula is C17H21FeNO+2. The van der Waals surface area contributed by atoms with Crippen molar-refractivity contribution in [2.45, 2.75) is 38.1 Å². The quantitative estimate of drug-likeness (QED) is 0.781. The van der Waals surface area contributed by atoms with Gasteiger partial charge in [0.25, 0.3) is 0 Å². The number of hydrogen-bond donors (Lipinski definition) is 1. The topological polar surface area (TPSA) is 29.1 Å². The van der Waals surface area contributed by atoms with E-state index < -0.39 is 0 Å². The Hall–Kier alpha value is -0.0105. The summed E-state index contributed by atoms with van der Waals surface area (Å²) in [6, 6.07) is 0.408. The molecule has 0 heterocycles. The van der Waals surface area contributed by atoms with Crippen molar-refractivity contribution in [3.63, 3.8) is 0 Å². The van der Waals surface area contributed by atoms with Gasteiger partial charge in [-0.15, -0.1) is 0 Å². The van der Waals surface area contributed by atoms with Gasteiger partial charge in [-0.05, 0) is 70.6 Å². The Morgan fingerprint density at radius 2 is 1.35 bits per heavy atom. The molecule has 2 nitrogen and oxygen atoms in total. The van der Waals surface area contributed by atoms with Crippen molar-refractivity contribution in [2.75, 3.05) is 0 Å². The zero-order valence-corrected chi connectivity index (χ0v) is 12.7. The maximum Gasteiger partial charge on any atom is 2.00 e. The van der Waals surface area contributed by atoms with Crippen molar-refractivity contribution >= 4 is 5.91 Å². The zero-order chi connectivity index (χ0) is 13.3. The van der Waals surface area contributed by atoms with Crippen LogP contribution in [0, 0.1) is 63.7 Å². The van der Waals surface area contributed by atoms with E-state index >= 15 is 0 Å². The standard InChI is InChI=1S/C12H16NO.C5H5.Fe/c14-12(10-6-4-5-7-10)13-11-8-2-1-3-9-11;1-2-4-5-3-1;/h4-7,11H,1-3,8-9H2,(H,13,14);1-5H;/q;;+2. The van der Waals surface area contributed by atoms with E-state index in [-0.39, 0.29) is 23.0 Å². The molecule has 20 heavy (non-hydrogen) atoms. The minimum atomic E-state index is 0. The van der Waals surface area contributed by atoms with Crippen LogP contribution < -0.4 is 5.32 Å². The molecule has 0 bridgehead atoms. The molecule has 1 amide bonds. The van der Waals surface area contributed by atoms with Crippen molar-refractivity contribution in [3.05, 3.63) is 63.7 Å². The largest absolute Gasteiger partial charge is 2.00 e. The summed E-state index contributed by atoms with van der Waals surface area (Å²) in [4.78, 5) is 11.7. The predicted molar refractivity (Wildman–Crippen MR) is 77.0 cm³/mol. The maximum absolute atomic E-state index is 11.7. The summed E-state index contributed by atoms with van der Waals surface area (Å²) in [5.41, 5.74) is 0. The average molecular weight is 311 g/mol. The van der Waals surface area contributed by atoms with Crippen molar-refractivity contribution in [1.82, 2.24) is 5.32 Å². The number of carbonyl (C=O) groups is 1. The number of carbonyl (C=O) groups excluding carboxylic acids is 1. The van der Waals surface area contributed by atoms with Crippen LogP contribution in [0.15, 0.2) is 0 Å². The molecule has 0 aromatic rings. The van der Waals surface area contributed by atoms with Crippen molar-refractivity contribution < 1.29 is 21.9 Å². The Morgan fingerprint density at radius 1 is 0.850 bits per heavy atom. The molecule has 0 aromatic carbocycles. The van der Waals surface area contributed by atoms with Gasteiger partial charge in [0.1, 0.15) is 0 Å². The minimum Gasteiger partial charge on any atom is -0.353 e. The Morgan fingerprint density at radius 3 is 1.85 bits per heavy atom. The molecule has 0 spiro atoms. The van der Waals surface area contributed by atoms with Crippen molar-refractivity contribution in [1.29, 1.82) is 0 Å². The zero-order valence-electron chi connectivity index (χ0n) is 11.6. The summed E-state index contributed by atoms with van der Waals surface area (Å²) in [7, 11) is 0. The second kappa shape index (κ2) is 10.7. The monoisotopic (exact) mass is 311 g/mol. The predicted octanol–water partition coefficient (Wildman–Crippen LogP) is 2.86. The summed E-state index contributed by atoms with van der Waals surface area (Å²) < 4.78 is 0. The first-order valence-electron chi connectivity index (χ1n) is 7.05. The fraction of sp³-hybridized carbons (Fsp3) is 0.353. The first-order chi connectivity index (χ1) is 9.36. The van der Waals surface area contributed by atoms with Crippen LogP contribution in [0.4, 0.5) is 0 Å². The van der Waals surface area contributed by atoms with Crippen molar-refractivity contribution in [2.24, 2.45) is 0 Å². The number of nitrogens with one attached hydrogen (secondary N) is 1. The van der Waals surface area contributed by atoms with E-state index in [1.165, 1.54) is 19.3 Å². The molecule has 1 N–H and O–H groups in total. The van der Waals surface area contributed by atoms with Gasteiger partial charge in [-0.3, -0.25) is 4.79 Å². The molecule has 3 fully saturated rings. The molecular weight excluding hydrogens is 290 g/mol. The molecule has 3 heteroatoms. The van der Waals surface area contributed by atoms with Gasteiger partial charge >= 0.3 is 17.1 Å². The van der Waals surface area contributed by atoms with E-state index in [2.05, 4.69) is 5.32 Å². The second-order valence-electron chi connectivity index (χ2n) is 4.94. The molecule has 3 aliphatic carbocycles. The van der Waals surface area contributed by atoms with Crippen LogP contribution in [-0.2, 0) is 21.9 Å². The van der Waals surface area contributed by atoms with Gasteiger partial charge in [-0.25, -0.2) is 0 Å². The fourth-order valence-electron chi connectivity index (χ4n) is 2.36. The third-order valence-corrected chi connectivity index (χ3v) is 3.42. The Balaban J connectivity index is 0.000000283. The first kappa shape index (κ1) is 18.0. The molecule has 106 valence electrons. The third-order valence-electron chi connectivity index (χ3n) is 3.42. The van der Waals surface area contributed by atoms with Crippen LogP contribution in [0.2, 0.25) is 0 Å². The Labute approximate surface area is 135 Å². The summed E-state index contributed by atoms with van der Waals surface area (Å²) in [5.74, 6) is 0.873. The van der Waals surface area contributed by atoms with E-state index in [0.29, 0.717) is 6.04 Å². The maximum atomic E-state index is 11.7. The molecule has 3 aliphatic rings. The fourth-order valence-corrected chi connectivity index (χ4v) is 2.36. The van der Waals surface area contributed by atoms with Crippen molar-refractivity contribution in [3.8, 4) is 0 Å². The molecule has 0 unspecified atom stereocenters. The average Bonchev–Trinajstić information content (AvgIpc) is 3.16. The van der Waals surface area contributed by atoms with E-state index in [0.717, 1.165) is 18.8 Å². The molecule has 0 aliphatic heterocycles. The smallest absolute Gasteiger partial charge is 0.353 e. The van der Waals surface area contributed by atoms with Gasteiger partial charge in [0.05, 0.1) is 5.92 Å². The van der Waals surface area contributed by atoms with Gasteiger partial charge in [-0.1, -0.05) is 19.3 Å². The normalized spacial score (nSPS) is 23.6. The SMILES string of the molecule is O=C(NC1CCCCC1)[C]1[CH][CH][CH][CH]1.[CH]1[CH][CH][CH][CH]1.[Fe+2]. The van der Waals surface area contributed by atoms with E-state index in [1.54, 1.807) is 0 Å². The van der Waals surface area contributed by atoms with Crippen LogP contribution in [0.1, 0.15) is 32.1 Å². The van der Waals surface area contributed by atoms with Gasteiger partial charge in [0, 0.05) is 6.04 Å². The summed E-state index contributed by atoms with van der Waals surface area (Å²) in [6.45, 7) is 0. The summed E-state index contributed by atoms with van der Waals surface area (Å²) in [6.07, 6.45) is 23.6. The van der Waals surface area contributed by atoms with Gasteiger partial charge < -0.3 is 5.32 Å². The van der Waals surface area contributed by atoms with E-state index in [9.17, 15) is 4.79 Å². The van der Waals surface area contributed by atoms with Gasteiger partial charge in [-0.2, -0.15) is 0 Å². The van der Waals surface area contributed by atoms with Gasteiger partial charge in [0.15, 0.2) is 0 Å². The van der Waals surface area contributed by atoms with Crippen LogP contribution in [0.25, 0.3) is 0 Å². The minimum absolute atomic E-state index is 0. The van der Waals surface area contributed by atoms with Crippen LogP contribution in [0.3, 0.4) is 0 Å². The van der Waals surface area contributed by atoms with Gasteiger partial charge in [0.2, 0.25) is 5.91 Å². The third kappa shape index (κ3) is 6.63. The Kier molecular flexibility index (Phi) is 9.63. The van der Waals surface area contributed by atoms with Crippen LogP contribution >= 0.6 is 0 Å². The second-order valence-corrected chi connectivity index (χ2v) is 4.94.